The number of phenolic OH excluding ortho intramolecular Hbond substituents is 1. The standard InChI is InChI=1S/C17H22O5/c1-11-8-13(18)7-5-3-4-6-12-9-14(19)10-15(21-2)16(12)17(20)22-11/h9-11,19H,3-8H2,1-2H3/t11-/m0/s1. The van der Waals surface area contributed by atoms with Gasteiger partial charge in [0.15, 0.2) is 0 Å². The number of hydrogen-bond donors (Lipinski definition) is 1. The lowest BCUT2D eigenvalue weighted by Gasteiger charge is -2.18. The summed E-state index contributed by atoms with van der Waals surface area (Å²) in [6, 6.07) is 2.99. The second-order valence-electron chi connectivity index (χ2n) is 5.70. The van der Waals surface area contributed by atoms with E-state index in [0.29, 0.717) is 24.2 Å². The number of ether oxygens (including phenoxy) is 2. The molecule has 0 radical (unpaired) electrons. The molecule has 0 spiro atoms. The zero-order valence-electron chi connectivity index (χ0n) is 13.1. The average molecular weight is 306 g/mol. The quantitative estimate of drug-likeness (QED) is 0.807. The van der Waals surface area contributed by atoms with Gasteiger partial charge in [-0.2, -0.15) is 0 Å². The highest BCUT2D eigenvalue weighted by Crippen LogP contribution is 2.31. The summed E-state index contributed by atoms with van der Waals surface area (Å²) in [5.41, 5.74) is 1.07. The van der Waals surface area contributed by atoms with Gasteiger partial charge in [-0.15, -0.1) is 0 Å². The number of benzene rings is 1. The van der Waals surface area contributed by atoms with Crippen LogP contribution in [0.1, 0.15) is 54.9 Å². The summed E-state index contributed by atoms with van der Waals surface area (Å²) in [6.07, 6.45) is 3.52. The molecule has 1 heterocycles. The molecule has 0 amide bonds. The van der Waals surface area contributed by atoms with Gasteiger partial charge in [-0.05, 0) is 37.8 Å². The number of fused-ring (bicyclic) bond motifs is 1. The number of phenols is 1. The molecule has 5 heteroatoms. The van der Waals surface area contributed by atoms with Crippen LogP contribution in [0.25, 0.3) is 0 Å². The van der Waals surface area contributed by atoms with Crippen molar-refractivity contribution in [3.63, 3.8) is 0 Å². The molecule has 5 nitrogen and oxygen atoms in total. The summed E-state index contributed by atoms with van der Waals surface area (Å²) >= 11 is 0. The third kappa shape index (κ3) is 4.00. The maximum Gasteiger partial charge on any atom is 0.342 e. The smallest absolute Gasteiger partial charge is 0.342 e. The van der Waals surface area contributed by atoms with E-state index in [-0.39, 0.29) is 18.0 Å². The van der Waals surface area contributed by atoms with Crippen molar-refractivity contribution in [3.05, 3.63) is 23.3 Å². The Morgan fingerprint density at radius 2 is 1.91 bits per heavy atom. The van der Waals surface area contributed by atoms with Crippen molar-refractivity contribution in [1.82, 2.24) is 0 Å². The third-order valence-corrected chi connectivity index (χ3v) is 3.82. The molecule has 1 aliphatic heterocycles. The highest BCUT2D eigenvalue weighted by atomic mass is 16.5. The van der Waals surface area contributed by atoms with Crippen molar-refractivity contribution in [2.45, 2.75) is 51.6 Å². The SMILES string of the molecule is COc1cc(O)cc2c1C(=O)O[C@@H](C)CC(=O)CCCCC2. The van der Waals surface area contributed by atoms with Crippen LogP contribution in [-0.4, -0.2) is 30.1 Å². The number of carbonyl (C=O) groups is 2. The van der Waals surface area contributed by atoms with Crippen LogP contribution in [0.3, 0.4) is 0 Å². The average Bonchev–Trinajstić information content (AvgIpc) is 2.44. The summed E-state index contributed by atoms with van der Waals surface area (Å²) in [4.78, 5) is 24.2. The summed E-state index contributed by atoms with van der Waals surface area (Å²) < 4.78 is 10.6. The van der Waals surface area contributed by atoms with E-state index in [1.165, 1.54) is 13.2 Å². The molecule has 0 aromatic heterocycles. The van der Waals surface area contributed by atoms with Gasteiger partial charge in [0, 0.05) is 18.9 Å². The van der Waals surface area contributed by atoms with Gasteiger partial charge < -0.3 is 14.6 Å². The molecule has 22 heavy (non-hydrogen) atoms. The third-order valence-electron chi connectivity index (χ3n) is 3.82. The van der Waals surface area contributed by atoms with Gasteiger partial charge in [0.1, 0.15) is 28.9 Å². The number of rotatable bonds is 1. The van der Waals surface area contributed by atoms with Crippen LogP contribution in [-0.2, 0) is 16.0 Å². The zero-order chi connectivity index (χ0) is 16.1. The Hall–Kier alpha value is -2.04. The Morgan fingerprint density at radius 1 is 1.18 bits per heavy atom. The predicted molar refractivity (Wildman–Crippen MR) is 81.3 cm³/mol. The van der Waals surface area contributed by atoms with E-state index in [1.54, 1.807) is 13.0 Å². The molecule has 1 atom stereocenters. The van der Waals surface area contributed by atoms with Gasteiger partial charge in [-0.3, -0.25) is 4.79 Å². The summed E-state index contributed by atoms with van der Waals surface area (Å²) in [6.45, 7) is 1.72. The second-order valence-corrected chi connectivity index (χ2v) is 5.70. The van der Waals surface area contributed by atoms with E-state index in [9.17, 15) is 14.7 Å². The molecule has 1 aromatic carbocycles. The van der Waals surface area contributed by atoms with E-state index >= 15 is 0 Å². The number of ketones is 1. The molecule has 2 rings (SSSR count). The number of aryl methyl sites for hydroxylation is 1. The van der Waals surface area contributed by atoms with Gasteiger partial charge in [0.25, 0.3) is 0 Å². The molecule has 0 saturated heterocycles. The maximum absolute atomic E-state index is 12.4. The summed E-state index contributed by atoms with van der Waals surface area (Å²) in [5, 5.41) is 9.78. The Kier molecular flexibility index (Phi) is 5.41. The molecule has 0 fully saturated rings. The van der Waals surface area contributed by atoms with Crippen molar-refractivity contribution in [1.29, 1.82) is 0 Å². The first-order valence-electron chi connectivity index (χ1n) is 7.64. The molecular formula is C17H22O5. The predicted octanol–water partition coefficient (Wildman–Crippen LogP) is 3.02. The molecule has 0 bridgehead atoms. The topological polar surface area (TPSA) is 72.8 Å². The number of methoxy groups -OCH3 is 1. The highest BCUT2D eigenvalue weighted by Gasteiger charge is 2.23. The maximum atomic E-state index is 12.4. The molecule has 0 unspecified atom stereocenters. The van der Waals surface area contributed by atoms with E-state index in [4.69, 9.17) is 9.47 Å². The first-order valence-corrected chi connectivity index (χ1v) is 7.64. The number of esters is 1. The first-order chi connectivity index (χ1) is 10.5. The number of carbonyl (C=O) groups excluding carboxylic acids is 2. The Morgan fingerprint density at radius 3 is 2.64 bits per heavy atom. The normalized spacial score (nSPS) is 20.4. The van der Waals surface area contributed by atoms with Gasteiger partial charge in [0.05, 0.1) is 7.11 Å². The van der Waals surface area contributed by atoms with E-state index < -0.39 is 12.1 Å². The lowest BCUT2D eigenvalue weighted by atomic mass is 9.98. The molecule has 120 valence electrons. The van der Waals surface area contributed by atoms with E-state index in [1.807, 2.05) is 0 Å². The number of hydrogen-bond acceptors (Lipinski definition) is 5. The Bertz CT molecular complexity index is 564. The molecule has 0 saturated carbocycles. The fourth-order valence-corrected chi connectivity index (χ4v) is 2.77. The van der Waals surface area contributed by atoms with E-state index in [0.717, 1.165) is 24.8 Å². The number of aromatic hydroxyl groups is 1. The van der Waals surface area contributed by atoms with Crippen LogP contribution < -0.4 is 4.74 Å². The minimum atomic E-state index is -0.507. The highest BCUT2D eigenvalue weighted by molar-refractivity contribution is 5.95. The van der Waals surface area contributed by atoms with Crippen LogP contribution in [0.2, 0.25) is 0 Å². The molecule has 0 aliphatic carbocycles. The van der Waals surface area contributed by atoms with Gasteiger partial charge in [-0.25, -0.2) is 4.79 Å². The molecule has 1 N–H and O–H groups in total. The van der Waals surface area contributed by atoms with Crippen LogP contribution in [0.4, 0.5) is 0 Å². The fourth-order valence-electron chi connectivity index (χ4n) is 2.77. The minimum absolute atomic E-state index is 0.0683. The lowest BCUT2D eigenvalue weighted by molar-refractivity contribution is -0.120. The number of cyclic esters (lactones) is 1. The molecule has 1 aromatic rings. The molecule has 1 aliphatic rings. The zero-order valence-corrected chi connectivity index (χ0v) is 13.1. The Labute approximate surface area is 130 Å². The van der Waals surface area contributed by atoms with Crippen LogP contribution in [0.15, 0.2) is 12.1 Å². The second kappa shape index (κ2) is 7.29. The van der Waals surface area contributed by atoms with Gasteiger partial charge in [0.2, 0.25) is 0 Å². The van der Waals surface area contributed by atoms with Crippen LogP contribution in [0, 0.1) is 0 Å². The fraction of sp³-hybridized carbons (Fsp3) is 0.529. The minimum Gasteiger partial charge on any atom is -0.508 e. The summed E-state index contributed by atoms with van der Waals surface area (Å²) in [5.74, 6) is -0.0132. The monoisotopic (exact) mass is 306 g/mol. The van der Waals surface area contributed by atoms with E-state index in [2.05, 4.69) is 0 Å². The molecular weight excluding hydrogens is 284 g/mol. The van der Waals surface area contributed by atoms with Crippen molar-refractivity contribution >= 4 is 11.8 Å². The van der Waals surface area contributed by atoms with Crippen LogP contribution >= 0.6 is 0 Å². The first kappa shape index (κ1) is 16.3. The van der Waals surface area contributed by atoms with Gasteiger partial charge >= 0.3 is 5.97 Å². The largest absolute Gasteiger partial charge is 0.508 e. The Balaban J connectivity index is 2.37. The van der Waals surface area contributed by atoms with Crippen molar-refractivity contribution < 1.29 is 24.2 Å². The number of Topliss-reactive ketones (excluding diaryl/α,β-unsaturated/α-hetero) is 1. The lowest BCUT2D eigenvalue weighted by Crippen LogP contribution is -2.20. The van der Waals surface area contributed by atoms with Crippen molar-refractivity contribution in [3.8, 4) is 11.5 Å². The summed E-state index contributed by atoms with van der Waals surface area (Å²) in [7, 11) is 1.45. The van der Waals surface area contributed by atoms with Crippen molar-refractivity contribution in [2.24, 2.45) is 0 Å². The van der Waals surface area contributed by atoms with Crippen molar-refractivity contribution in [2.75, 3.05) is 7.11 Å². The van der Waals surface area contributed by atoms with Gasteiger partial charge in [-0.1, -0.05) is 6.42 Å². The van der Waals surface area contributed by atoms with Crippen LogP contribution in [0.5, 0.6) is 11.5 Å².